The van der Waals surface area contributed by atoms with Gasteiger partial charge in [0.15, 0.2) is 0 Å². The van der Waals surface area contributed by atoms with E-state index in [1.54, 1.807) is 6.92 Å². The first-order valence-corrected chi connectivity index (χ1v) is 1.93. The fourth-order valence-electron chi connectivity index (χ4n) is 0. The first-order chi connectivity index (χ1) is 2.27. The maximum absolute atomic E-state index is 9.90. The third-order valence-electron chi connectivity index (χ3n) is 0.575. The summed E-state index contributed by atoms with van der Waals surface area (Å²) in [6.45, 7) is 3.55. The molecule has 32 valence electrons. The van der Waals surface area contributed by atoms with Crippen LogP contribution in [0.4, 0.5) is 0 Å². The summed E-state index contributed by atoms with van der Waals surface area (Å²) < 4.78 is 0. The van der Waals surface area contributed by atoms with Crippen molar-refractivity contribution in [3.63, 3.8) is 0 Å². The zero-order valence-corrected chi connectivity index (χ0v) is 11.0. The van der Waals surface area contributed by atoms with Gasteiger partial charge in [0.25, 0.3) is 0 Å². The van der Waals surface area contributed by atoms with Crippen LogP contribution in [-0.2, 0) is 0 Å². The predicted molar refractivity (Wildman–Crippen MR) is 19.8 cm³/mol. The second-order valence-electron chi connectivity index (χ2n) is 1.22. The summed E-state index contributed by atoms with van der Waals surface area (Å²) in [5.41, 5.74) is 0. The van der Waals surface area contributed by atoms with E-state index in [4.69, 9.17) is 0 Å². The quantitative estimate of drug-likeness (QED) is 0.453. The van der Waals surface area contributed by atoms with E-state index in [0.29, 0.717) is 0 Å². The van der Waals surface area contributed by atoms with Gasteiger partial charge >= 0.3 is 68.9 Å². The molecule has 0 aromatic carbocycles. The largest absolute Gasteiger partial charge is 1.00 e. The van der Waals surface area contributed by atoms with Gasteiger partial charge in [-0.15, -0.1) is 6.10 Å². The predicted octanol–water partition coefficient (Wildman–Crippen LogP) is -2.85. The van der Waals surface area contributed by atoms with Gasteiger partial charge in [0, 0.05) is 0 Å². The van der Waals surface area contributed by atoms with Crippen LogP contribution in [0.15, 0.2) is 0 Å². The molecule has 0 fully saturated rings. The van der Waals surface area contributed by atoms with Crippen molar-refractivity contribution in [2.75, 3.05) is 0 Å². The molecule has 2 heteroatoms. The molecule has 0 saturated carbocycles. The average molecular weight is 206 g/mol. The van der Waals surface area contributed by atoms with Crippen LogP contribution in [-0.4, -0.2) is 6.10 Å². The Bertz CT molecular complexity index is 21.5. The van der Waals surface area contributed by atoms with Crippen molar-refractivity contribution in [2.45, 2.75) is 26.4 Å². The molecule has 0 aromatic heterocycles. The van der Waals surface area contributed by atoms with Crippen molar-refractivity contribution < 1.29 is 74.0 Å². The SMILES string of the molecule is CCC(C)[O-].[Cs+]. The van der Waals surface area contributed by atoms with Crippen LogP contribution in [0, 0.1) is 0 Å². The molecule has 0 aliphatic rings. The fourth-order valence-corrected chi connectivity index (χ4v) is 0. The van der Waals surface area contributed by atoms with Crippen molar-refractivity contribution in [2.24, 2.45) is 0 Å². The second kappa shape index (κ2) is 7.01. The van der Waals surface area contributed by atoms with Gasteiger partial charge in [0.05, 0.1) is 0 Å². The Hall–Kier alpha value is 2.01. The van der Waals surface area contributed by atoms with Crippen LogP contribution < -0.4 is 74.0 Å². The standard InChI is InChI=1S/C4H9O.Cs/c1-3-4(2)5;/h4H,3H2,1-2H3;/q-1;+1. The Labute approximate surface area is 97.9 Å². The molecule has 0 bridgehead atoms. The molecule has 0 radical (unpaired) electrons. The molecule has 6 heavy (non-hydrogen) atoms. The smallest absolute Gasteiger partial charge is 0.852 e. The summed E-state index contributed by atoms with van der Waals surface area (Å²) >= 11 is 0. The van der Waals surface area contributed by atoms with E-state index in [2.05, 4.69) is 0 Å². The van der Waals surface area contributed by atoms with E-state index in [9.17, 15) is 5.11 Å². The van der Waals surface area contributed by atoms with Gasteiger partial charge in [0.2, 0.25) is 0 Å². The van der Waals surface area contributed by atoms with Crippen LogP contribution >= 0.6 is 0 Å². The van der Waals surface area contributed by atoms with Gasteiger partial charge < -0.3 is 5.11 Å². The van der Waals surface area contributed by atoms with Crippen LogP contribution in [0.3, 0.4) is 0 Å². The summed E-state index contributed by atoms with van der Waals surface area (Å²) in [5, 5.41) is 9.90. The van der Waals surface area contributed by atoms with Crippen molar-refractivity contribution >= 4 is 0 Å². The summed E-state index contributed by atoms with van der Waals surface area (Å²) in [6.07, 6.45) is 0.384. The average Bonchev–Trinajstić information content (AvgIpc) is 1.38. The van der Waals surface area contributed by atoms with Crippen molar-refractivity contribution in [1.82, 2.24) is 0 Å². The monoisotopic (exact) mass is 206 g/mol. The third kappa shape index (κ3) is 9.38. The molecule has 0 rings (SSSR count). The van der Waals surface area contributed by atoms with Crippen molar-refractivity contribution in [3.05, 3.63) is 0 Å². The molecule has 0 aliphatic carbocycles. The van der Waals surface area contributed by atoms with Gasteiger partial charge in [0.1, 0.15) is 0 Å². The Kier molecular flexibility index (Phi) is 12.7. The topological polar surface area (TPSA) is 23.1 Å². The maximum Gasteiger partial charge on any atom is 1.00 e. The number of hydrogen-bond donors (Lipinski definition) is 0. The molecule has 1 unspecified atom stereocenters. The zero-order valence-electron chi connectivity index (χ0n) is 4.69. The molecule has 0 amide bonds. The van der Waals surface area contributed by atoms with Crippen LogP contribution in [0.25, 0.3) is 0 Å². The molecule has 1 atom stereocenters. The molecule has 1 nitrogen and oxygen atoms in total. The van der Waals surface area contributed by atoms with E-state index in [1.807, 2.05) is 6.92 Å². The maximum atomic E-state index is 9.90. The Morgan fingerprint density at radius 3 is 1.83 bits per heavy atom. The second-order valence-corrected chi connectivity index (χ2v) is 1.22. The first kappa shape index (κ1) is 10.9. The minimum atomic E-state index is -0.366. The Morgan fingerprint density at radius 1 is 1.67 bits per heavy atom. The van der Waals surface area contributed by atoms with E-state index < -0.39 is 0 Å². The molecule has 0 heterocycles. The fraction of sp³-hybridized carbons (Fsp3) is 1.00. The molecular formula is C4H9CsO. The Morgan fingerprint density at radius 2 is 1.83 bits per heavy atom. The molecule has 0 saturated heterocycles. The zero-order chi connectivity index (χ0) is 4.28. The third-order valence-corrected chi connectivity index (χ3v) is 0.575. The van der Waals surface area contributed by atoms with Gasteiger partial charge in [-0.3, -0.25) is 0 Å². The molecule has 0 N–H and O–H groups in total. The summed E-state index contributed by atoms with van der Waals surface area (Å²) in [5.74, 6) is 0. The summed E-state index contributed by atoms with van der Waals surface area (Å²) in [7, 11) is 0. The van der Waals surface area contributed by atoms with Crippen molar-refractivity contribution in [1.29, 1.82) is 0 Å². The van der Waals surface area contributed by atoms with Gasteiger partial charge in [-0.2, -0.15) is 0 Å². The summed E-state index contributed by atoms with van der Waals surface area (Å²) in [4.78, 5) is 0. The van der Waals surface area contributed by atoms with Crippen LogP contribution in [0.2, 0.25) is 0 Å². The van der Waals surface area contributed by atoms with E-state index >= 15 is 0 Å². The molecule has 0 aliphatic heterocycles. The van der Waals surface area contributed by atoms with E-state index in [0.717, 1.165) is 6.42 Å². The van der Waals surface area contributed by atoms with Gasteiger partial charge in [-0.05, 0) is 0 Å². The Balaban J connectivity index is 0. The van der Waals surface area contributed by atoms with E-state index in [-0.39, 0.29) is 75.0 Å². The van der Waals surface area contributed by atoms with Crippen LogP contribution in [0.1, 0.15) is 20.3 Å². The van der Waals surface area contributed by atoms with Crippen molar-refractivity contribution in [3.8, 4) is 0 Å². The number of hydrogen-bond acceptors (Lipinski definition) is 1. The van der Waals surface area contributed by atoms with Gasteiger partial charge in [-0.1, -0.05) is 20.3 Å². The number of rotatable bonds is 1. The van der Waals surface area contributed by atoms with E-state index in [1.165, 1.54) is 0 Å². The molecular weight excluding hydrogens is 197 g/mol. The molecule has 0 spiro atoms. The first-order valence-electron chi connectivity index (χ1n) is 1.93. The van der Waals surface area contributed by atoms with Gasteiger partial charge in [-0.25, -0.2) is 0 Å². The normalized spacial score (nSPS) is 12.5. The minimum Gasteiger partial charge on any atom is -0.852 e. The molecule has 0 aromatic rings. The minimum absolute atomic E-state index is 0. The van der Waals surface area contributed by atoms with Crippen LogP contribution in [0.5, 0.6) is 0 Å². The summed E-state index contributed by atoms with van der Waals surface area (Å²) in [6, 6.07) is 0.